The van der Waals surface area contributed by atoms with Crippen LogP contribution < -0.4 is 5.32 Å². The molecule has 3 heteroatoms. The van der Waals surface area contributed by atoms with Gasteiger partial charge in [0.05, 0.1) is 0 Å². The molecule has 0 aromatic carbocycles. The minimum Gasteiger partial charge on any atom is -0.317 e. The van der Waals surface area contributed by atoms with Crippen LogP contribution in [0.4, 0.5) is 0 Å². The van der Waals surface area contributed by atoms with Crippen molar-refractivity contribution in [1.29, 1.82) is 0 Å². The standard InChI is InChI=1S/C7H13IN2/c8-10-5-7(6-10)1-3-9-4-2-7/h9H,1-6H2. The maximum absolute atomic E-state index is 3.40. The molecule has 0 unspecified atom stereocenters. The van der Waals surface area contributed by atoms with Gasteiger partial charge < -0.3 is 5.32 Å². The van der Waals surface area contributed by atoms with E-state index in [4.69, 9.17) is 0 Å². The minimum atomic E-state index is 0.729. The number of hydrogen-bond donors (Lipinski definition) is 1. The average molecular weight is 252 g/mol. The normalized spacial score (nSPS) is 32.1. The van der Waals surface area contributed by atoms with Crippen molar-refractivity contribution in [2.45, 2.75) is 12.8 Å². The van der Waals surface area contributed by atoms with Crippen molar-refractivity contribution in [2.24, 2.45) is 5.41 Å². The molecule has 2 aliphatic rings. The summed E-state index contributed by atoms with van der Waals surface area (Å²) in [7, 11) is 0. The zero-order valence-electron chi connectivity index (χ0n) is 6.07. The summed E-state index contributed by atoms with van der Waals surface area (Å²) in [6.45, 7) is 5.14. The fourth-order valence-electron chi connectivity index (χ4n) is 1.95. The highest BCUT2D eigenvalue weighted by atomic mass is 127. The minimum absolute atomic E-state index is 0.729. The van der Waals surface area contributed by atoms with Crippen LogP contribution >= 0.6 is 22.9 Å². The van der Waals surface area contributed by atoms with Crippen molar-refractivity contribution in [2.75, 3.05) is 26.2 Å². The molecule has 2 nitrogen and oxygen atoms in total. The van der Waals surface area contributed by atoms with Gasteiger partial charge in [-0.1, -0.05) is 0 Å². The average Bonchev–Trinajstić information content (AvgIpc) is 1.87. The van der Waals surface area contributed by atoms with Crippen molar-refractivity contribution >= 4 is 22.9 Å². The monoisotopic (exact) mass is 252 g/mol. The zero-order valence-corrected chi connectivity index (χ0v) is 8.23. The molecule has 2 aliphatic heterocycles. The van der Waals surface area contributed by atoms with Crippen molar-refractivity contribution < 1.29 is 0 Å². The smallest absolute Gasteiger partial charge is 0.0201 e. The van der Waals surface area contributed by atoms with Gasteiger partial charge in [0.15, 0.2) is 0 Å². The van der Waals surface area contributed by atoms with E-state index in [1.807, 2.05) is 0 Å². The van der Waals surface area contributed by atoms with E-state index >= 15 is 0 Å². The van der Waals surface area contributed by atoms with E-state index in [-0.39, 0.29) is 0 Å². The van der Waals surface area contributed by atoms with Crippen LogP contribution in [0.15, 0.2) is 0 Å². The SMILES string of the molecule is IN1CC2(CCNCC2)C1. The molecule has 10 heavy (non-hydrogen) atoms. The summed E-state index contributed by atoms with van der Waals surface area (Å²) in [6, 6.07) is 0. The molecule has 0 radical (unpaired) electrons. The molecule has 0 atom stereocenters. The first kappa shape index (κ1) is 7.31. The molecule has 0 aliphatic carbocycles. The summed E-state index contributed by atoms with van der Waals surface area (Å²) < 4.78 is 2.39. The predicted octanol–water partition coefficient (Wildman–Crippen LogP) is 1.02. The van der Waals surface area contributed by atoms with Gasteiger partial charge in [0.1, 0.15) is 0 Å². The number of piperidine rings is 1. The highest BCUT2D eigenvalue weighted by Gasteiger charge is 2.42. The van der Waals surface area contributed by atoms with Gasteiger partial charge in [0.25, 0.3) is 0 Å². The lowest BCUT2D eigenvalue weighted by atomic mass is 9.74. The molecule has 0 amide bonds. The van der Waals surface area contributed by atoms with E-state index in [0.717, 1.165) is 5.41 Å². The maximum atomic E-state index is 3.40. The van der Waals surface area contributed by atoms with E-state index in [1.165, 1.54) is 39.0 Å². The highest BCUT2D eigenvalue weighted by molar-refractivity contribution is 14.1. The van der Waals surface area contributed by atoms with Crippen molar-refractivity contribution in [3.05, 3.63) is 0 Å². The summed E-state index contributed by atoms with van der Waals surface area (Å²) in [6.07, 6.45) is 2.79. The third-order valence-corrected chi connectivity index (χ3v) is 3.36. The number of nitrogens with one attached hydrogen (secondary N) is 1. The number of hydrogen-bond acceptors (Lipinski definition) is 2. The number of nitrogens with zero attached hydrogens (tertiary/aromatic N) is 1. The molecule has 0 aromatic rings. The summed E-state index contributed by atoms with van der Waals surface area (Å²) in [5.74, 6) is 0. The van der Waals surface area contributed by atoms with Gasteiger partial charge in [-0.3, -0.25) is 0 Å². The Morgan fingerprint density at radius 2 is 1.80 bits per heavy atom. The molecule has 2 heterocycles. The second kappa shape index (κ2) is 2.60. The van der Waals surface area contributed by atoms with Crippen LogP contribution in [0.5, 0.6) is 0 Å². The molecular weight excluding hydrogens is 239 g/mol. The predicted molar refractivity (Wildman–Crippen MR) is 50.1 cm³/mol. The van der Waals surface area contributed by atoms with Gasteiger partial charge in [-0.2, -0.15) is 0 Å². The van der Waals surface area contributed by atoms with Gasteiger partial charge in [-0.15, -0.1) is 0 Å². The fraction of sp³-hybridized carbons (Fsp3) is 1.00. The Kier molecular flexibility index (Phi) is 1.90. The Balaban J connectivity index is 1.90. The molecule has 0 bridgehead atoms. The third-order valence-electron chi connectivity index (χ3n) is 2.68. The van der Waals surface area contributed by atoms with E-state index in [0.29, 0.717) is 0 Å². The first-order valence-corrected chi connectivity index (χ1v) is 4.89. The van der Waals surface area contributed by atoms with Crippen LogP contribution in [0.25, 0.3) is 0 Å². The van der Waals surface area contributed by atoms with E-state index in [1.54, 1.807) is 0 Å². The van der Waals surface area contributed by atoms with Crippen molar-refractivity contribution in [1.82, 2.24) is 8.43 Å². The fourth-order valence-corrected chi connectivity index (χ4v) is 3.40. The molecule has 0 saturated carbocycles. The van der Waals surface area contributed by atoms with Gasteiger partial charge in [-0.25, -0.2) is 3.11 Å². The molecule has 2 fully saturated rings. The molecule has 1 spiro atoms. The largest absolute Gasteiger partial charge is 0.317 e. The molecular formula is C7H13IN2. The Morgan fingerprint density at radius 1 is 1.20 bits per heavy atom. The second-order valence-electron chi connectivity index (χ2n) is 3.53. The highest BCUT2D eigenvalue weighted by Crippen LogP contribution is 2.40. The lowest BCUT2D eigenvalue weighted by Crippen LogP contribution is -2.55. The van der Waals surface area contributed by atoms with Crippen LogP contribution in [0.3, 0.4) is 0 Å². The van der Waals surface area contributed by atoms with Crippen molar-refractivity contribution in [3.8, 4) is 0 Å². The maximum Gasteiger partial charge on any atom is 0.0201 e. The quantitative estimate of drug-likeness (QED) is 0.511. The van der Waals surface area contributed by atoms with Gasteiger partial charge in [0.2, 0.25) is 0 Å². The van der Waals surface area contributed by atoms with Crippen LogP contribution in [0.2, 0.25) is 0 Å². The van der Waals surface area contributed by atoms with Gasteiger partial charge >= 0.3 is 0 Å². The Labute approximate surface area is 75.8 Å². The second-order valence-corrected chi connectivity index (χ2v) is 4.89. The van der Waals surface area contributed by atoms with Crippen molar-refractivity contribution in [3.63, 3.8) is 0 Å². The van der Waals surface area contributed by atoms with Crippen LogP contribution in [0.1, 0.15) is 12.8 Å². The van der Waals surface area contributed by atoms with E-state index in [2.05, 4.69) is 31.3 Å². The molecule has 2 saturated heterocycles. The van der Waals surface area contributed by atoms with Gasteiger partial charge in [-0.05, 0) is 31.3 Å². The summed E-state index contributed by atoms with van der Waals surface area (Å²) in [4.78, 5) is 0. The van der Waals surface area contributed by atoms with Gasteiger partial charge in [0, 0.05) is 36.0 Å². The first-order chi connectivity index (χ1) is 4.81. The zero-order chi connectivity index (χ0) is 7.03. The summed E-state index contributed by atoms with van der Waals surface area (Å²) in [5, 5.41) is 3.40. The summed E-state index contributed by atoms with van der Waals surface area (Å²) in [5.41, 5.74) is 0.729. The molecule has 58 valence electrons. The first-order valence-electron chi connectivity index (χ1n) is 3.92. The topological polar surface area (TPSA) is 15.3 Å². The van der Waals surface area contributed by atoms with Crippen LogP contribution in [-0.4, -0.2) is 29.3 Å². The lowest BCUT2D eigenvalue weighted by Gasteiger charge is -2.49. The molecule has 2 rings (SSSR count). The van der Waals surface area contributed by atoms with Crippen LogP contribution in [0, 0.1) is 5.41 Å². The summed E-state index contributed by atoms with van der Waals surface area (Å²) >= 11 is 2.42. The number of halogens is 1. The lowest BCUT2D eigenvalue weighted by molar-refractivity contribution is 0.0582. The Hall–Kier alpha value is 0.650. The van der Waals surface area contributed by atoms with E-state index < -0.39 is 0 Å². The van der Waals surface area contributed by atoms with E-state index in [9.17, 15) is 0 Å². The number of rotatable bonds is 0. The Morgan fingerprint density at radius 3 is 2.30 bits per heavy atom. The molecule has 1 N–H and O–H groups in total. The Bertz CT molecular complexity index is 116. The molecule has 0 aromatic heterocycles. The van der Waals surface area contributed by atoms with Crippen LogP contribution in [-0.2, 0) is 0 Å². The third kappa shape index (κ3) is 1.19.